The van der Waals surface area contributed by atoms with Crippen molar-refractivity contribution in [2.75, 3.05) is 26.2 Å². The van der Waals surface area contributed by atoms with Crippen molar-refractivity contribution in [3.8, 4) is 0 Å². The minimum atomic E-state index is -3.70. The highest BCUT2D eigenvalue weighted by Crippen LogP contribution is 2.23. The number of aryl methyl sites for hydroxylation is 1. The van der Waals surface area contributed by atoms with Crippen LogP contribution in [0.3, 0.4) is 0 Å². The van der Waals surface area contributed by atoms with E-state index in [0.717, 1.165) is 4.90 Å². The van der Waals surface area contributed by atoms with Crippen LogP contribution in [0.25, 0.3) is 0 Å². The number of carbonyl (C=O) groups is 3. The monoisotopic (exact) mass is 458 g/mol. The maximum atomic E-state index is 12.7. The van der Waals surface area contributed by atoms with Crippen LogP contribution in [-0.4, -0.2) is 61.6 Å². The molecule has 0 unspecified atom stereocenters. The van der Waals surface area contributed by atoms with Gasteiger partial charge in [0, 0.05) is 19.6 Å². The van der Waals surface area contributed by atoms with Crippen molar-refractivity contribution in [3.05, 3.63) is 64.7 Å². The third kappa shape index (κ3) is 4.44. The maximum absolute atomic E-state index is 12.7. The second-order valence-corrected chi connectivity index (χ2v) is 9.30. The number of hydrogen-bond acceptors (Lipinski definition) is 6. The number of hydrogen-bond donors (Lipinski definition) is 0. The molecule has 0 saturated carbocycles. The summed E-state index contributed by atoms with van der Waals surface area (Å²) in [5, 5.41) is 0. The Kier molecular flexibility index (Phi) is 7.10. The molecule has 32 heavy (non-hydrogen) atoms. The van der Waals surface area contributed by atoms with Crippen LogP contribution in [0.2, 0.25) is 0 Å². The number of amides is 2. The molecule has 0 fully saturated rings. The lowest BCUT2D eigenvalue weighted by atomic mass is 10.1. The quantitative estimate of drug-likeness (QED) is 0.325. The number of esters is 1. The molecule has 0 radical (unpaired) electrons. The number of ether oxygens (including phenoxy) is 1. The third-order valence-electron chi connectivity index (χ3n) is 5.41. The Hall–Kier alpha value is -3.04. The molecular formula is C23H26N2O6S. The van der Waals surface area contributed by atoms with E-state index >= 15 is 0 Å². The number of sulfonamides is 1. The van der Waals surface area contributed by atoms with Gasteiger partial charge in [0.05, 0.1) is 28.2 Å². The molecule has 0 aliphatic carbocycles. The van der Waals surface area contributed by atoms with E-state index in [4.69, 9.17) is 4.74 Å². The normalized spacial score (nSPS) is 13.6. The Balaban J connectivity index is 1.62. The fraction of sp³-hybridized carbons (Fsp3) is 0.348. The van der Waals surface area contributed by atoms with Crippen LogP contribution in [0, 0.1) is 6.92 Å². The minimum Gasteiger partial charge on any atom is -0.462 e. The van der Waals surface area contributed by atoms with Crippen molar-refractivity contribution < 1.29 is 27.5 Å². The number of rotatable bonds is 9. The number of imide groups is 1. The van der Waals surface area contributed by atoms with Gasteiger partial charge in [-0.2, -0.15) is 4.31 Å². The molecule has 3 rings (SSSR count). The smallest absolute Gasteiger partial charge is 0.338 e. The largest absolute Gasteiger partial charge is 0.462 e. The van der Waals surface area contributed by atoms with Crippen LogP contribution in [0.15, 0.2) is 47.4 Å². The summed E-state index contributed by atoms with van der Waals surface area (Å²) in [5.74, 6) is -1.37. The summed E-state index contributed by atoms with van der Waals surface area (Å²) in [6, 6.07) is 11.0. The Morgan fingerprint density at radius 2 is 1.59 bits per heavy atom. The van der Waals surface area contributed by atoms with Crippen molar-refractivity contribution in [1.29, 1.82) is 0 Å². The van der Waals surface area contributed by atoms with Gasteiger partial charge in [0.25, 0.3) is 11.8 Å². The highest BCUT2D eigenvalue weighted by atomic mass is 32.2. The summed E-state index contributed by atoms with van der Waals surface area (Å²) in [4.78, 5) is 38.5. The van der Waals surface area contributed by atoms with Crippen molar-refractivity contribution in [1.82, 2.24) is 9.21 Å². The zero-order valence-corrected chi connectivity index (χ0v) is 19.1. The first-order valence-electron chi connectivity index (χ1n) is 10.5. The highest BCUT2D eigenvalue weighted by molar-refractivity contribution is 7.89. The van der Waals surface area contributed by atoms with E-state index in [1.807, 2.05) is 0 Å². The van der Waals surface area contributed by atoms with Gasteiger partial charge in [-0.1, -0.05) is 32.0 Å². The molecule has 1 aliphatic heterocycles. The Bertz CT molecular complexity index is 1120. The molecule has 0 bridgehead atoms. The second-order valence-electron chi connectivity index (χ2n) is 7.36. The van der Waals surface area contributed by atoms with E-state index in [9.17, 15) is 22.8 Å². The first-order chi connectivity index (χ1) is 15.2. The average Bonchev–Trinajstić information content (AvgIpc) is 3.02. The van der Waals surface area contributed by atoms with E-state index in [0.29, 0.717) is 29.8 Å². The summed E-state index contributed by atoms with van der Waals surface area (Å²) in [6.07, 6.45) is 0.272. The fourth-order valence-corrected chi connectivity index (χ4v) is 5.09. The van der Waals surface area contributed by atoms with Gasteiger partial charge in [0.15, 0.2) is 0 Å². The molecule has 2 amide bonds. The van der Waals surface area contributed by atoms with Gasteiger partial charge in [-0.25, -0.2) is 13.2 Å². The molecule has 2 aromatic rings. The molecule has 2 aromatic carbocycles. The molecule has 1 heterocycles. The molecule has 0 spiro atoms. The standard InChI is InChI=1S/C23H26N2O6S/c1-4-24(5-2)32(29,30)17-12-11-16(3)20(15-17)23(28)31-14-8-13-25-21(26)18-9-6-7-10-19(18)22(25)27/h6-7,9-12,15H,4-5,8,13-14H2,1-3H3. The SMILES string of the molecule is CCN(CC)S(=O)(=O)c1ccc(C)c(C(=O)OCCCN2C(=O)c3ccccc3C2=O)c1. The van der Waals surface area contributed by atoms with E-state index in [1.165, 1.54) is 16.4 Å². The van der Waals surface area contributed by atoms with Crippen molar-refractivity contribution in [3.63, 3.8) is 0 Å². The van der Waals surface area contributed by atoms with E-state index in [-0.39, 0.29) is 41.8 Å². The molecule has 0 atom stereocenters. The van der Waals surface area contributed by atoms with E-state index in [1.54, 1.807) is 51.1 Å². The van der Waals surface area contributed by atoms with Crippen LogP contribution in [0.5, 0.6) is 0 Å². The van der Waals surface area contributed by atoms with E-state index < -0.39 is 16.0 Å². The molecule has 0 saturated heterocycles. The minimum absolute atomic E-state index is 0.0152. The Labute approximate surface area is 187 Å². The maximum Gasteiger partial charge on any atom is 0.338 e. The van der Waals surface area contributed by atoms with Crippen molar-refractivity contribution >= 4 is 27.8 Å². The molecule has 0 aromatic heterocycles. The number of carbonyl (C=O) groups excluding carboxylic acids is 3. The molecule has 0 N–H and O–H groups in total. The summed E-state index contributed by atoms with van der Waals surface area (Å²) in [5.41, 5.74) is 1.50. The number of nitrogens with zero attached hydrogens (tertiary/aromatic N) is 2. The summed E-state index contributed by atoms with van der Waals surface area (Å²) < 4.78 is 32.1. The van der Waals surface area contributed by atoms with Crippen LogP contribution < -0.4 is 0 Å². The summed E-state index contributed by atoms with van der Waals surface area (Å²) >= 11 is 0. The van der Waals surface area contributed by atoms with Crippen LogP contribution in [0.1, 0.15) is 56.9 Å². The lowest BCUT2D eigenvalue weighted by Gasteiger charge is -2.19. The Morgan fingerprint density at radius 3 is 2.16 bits per heavy atom. The van der Waals surface area contributed by atoms with Crippen molar-refractivity contribution in [2.45, 2.75) is 32.1 Å². The Morgan fingerprint density at radius 1 is 1.00 bits per heavy atom. The van der Waals surface area contributed by atoms with Gasteiger partial charge in [0.1, 0.15) is 0 Å². The second kappa shape index (κ2) is 9.62. The lowest BCUT2D eigenvalue weighted by molar-refractivity contribution is 0.0481. The van der Waals surface area contributed by atoms with Gasteiger partial charge in [-0.3, -0.25) is 14.5 Å². The molecular weight excluding hydrogens is 432 g/mol. The van der Waals surface area contributed by atoms with Crippen LogP contribution >= 0.6 is 0 Å². The van der Waals surface area contributed by atoms with Gasteiger partial charge < -0.3 is 4.74 Å². The van der Waals surface area contributed by atoms with Gasteiger partial charge >= 0.3 is 5.97 Å². The first kappa shape index (κ1) is 23.6. The van der Waals surface area contributed by atoms with Crippen LogP contribution in [0.4, 0.5) is 0 Å². The van der Waals surface area contributed by atoms with Gasteiger partial charge in [0.2, 0.25) is 10.0 Å². The zero-order chi connectivity index (χ0) is 23.5. The molecule has 9 heteroatoms. The summed E-state index contributed by atoms with van der Waals surface area (Å²) in [6.45, 7) is 5.95. The highest BCUT2D eigenvalue weighted by Gasteiger charge is 2.34. The molecule has 170 valence electrons. The van der Waals surface area contributed by atoms with Gasteiger partial charge in [-0.15, -0.1) is 0 Å². The van der Waals surface area contributed by atoms with Gasteiger partial charge in [-0.05, 0) is 43.2 Å². The van der Waals surface area contributed by atoms with Crippen LogP contribution in [-0.2, 0) is 14.8 Å². The van der Waals surface area contributed by atoms with E-state index in [2.05, 4.69) is 0 Å². The average molecular weight is 459 g/mol. The predicted octanol–water partition coefficient (Wildman–Crippen LogP) is 2.87. The first-order valence-corrected chi connectivity index (χ1v) is 11.9. The summed E-state index contributed by atoms with van der Waals surface area (Å²) in [7, 11) is -3.70. The van der Waals surface area contributed by atoms with Crippen molar-refractivity contribution in [2.24, 2.45) is 0 Å². The fourth-order valence-electron chi connectivity index (χ4n) is 3.60. The predicted molar refractivity (Wildman–Crippen MR) is 118 cm³/mol. The molecule has 1 aliphatic rings. The zero-order valence-electron chi connectivity index (χ0n) is 18.3. The third-order valence-corrected chi connectivity index (χ3v) is 7.46. The topological polar surface area (TPSA) is 101 Å². The number of benzene rings is 2. The lowest BCUT2D eigenvalue weighted by Crippen LogP contribution is -2.31. The number of fused-ring (bicyclic) bond motifs is 1. The molecule has 8 nitrogen and oxygen atoms in total.